The SMILES string of the molecule is Cc1nnc(N(C)CC2CC2)c(C(=O)O)c1C. The second-order valence-corrected chi connectivity index (χ2v) is 4.74. The van der Waals surface area contributed by atoms with Gasteiger partial charge in [-0.3, -0.25) is 0 Å². The van der Waals surface area contributed by atoms with E-state index in [1.807, 2.05) is 11.9 Å². The Kier molecular flexibility index (Phi) is 3.00. The normalized spacial score (nSPS) is 14.8. The standard InChI is InChI=1S/C12H17N3O2/c1-7-8(2)13-14-11(10(7)12(16)17)15(3)6-9-4-5-9/h9H,4-6H2,1-3H3,(H,16,17). The van der Waals surface area contributed by atoms with Gasteiger partial charge in [0, 0.05) is 13.6 Å². The maximum atomic E-state index is 11.3. The molecule has 0 atom stereocenters. The summed E-state index contributed by atoms with van der Waals surface area (Å²) in [7, 11) is 1.88. The molecule has 1 aromatic rings. The van der Waals surface area contributed by atoms with Crippen molar-refractivity contribution in [3.05, 3.63) is 16.8 Å². The molecule has 0 saturated heterocycles. The molecule has 2 rings (SSSR count). The zero-order valence-corrected chi connectivity index (χ0v) is 10.4. The first-order chi connectivity index (χ1) is 8.00. The minimum absolute atomic E-state index is 0.278. The Morgan fingerprint density at radius 3 is 2.59 bits per heavy atom. The van der Waals surface area contributed by atoms with Gasteiger partial charge in [-0.25, -0.2) is 4.79 Å². The third kappa shape index (κ3) is 2.38. The molecule has 17 heavy (non-hydrogen) atoms. The van der Waals surface area contributed by atoms with Gasteiger partial charge in [0.1, 0.15) is 5.56 Å². The summed E-state index contributed by atoms with van der Waals surface area (Å²) < 4.78 is 0. The average molecular weight is 235 g/mol. The van der Waals surface area contributed by atoms with Crippen LogP contribution >= 0.6 is 0 Å². The van der Waals surface area contributed by atoms with E-state index in [2.05, 4.69) is 10.2 Å². The lowest BCUT2D eigenvalue weighted by Crippen LogP contribution is -2.25. The van der Waals surface area contributed by atoms with Crippen LogP contribution < -0.4 is 4.90 Å². The molecular weight excluding hydrogens is 218 g/mol. The van der Waals surface area contributed by atoms with Crippen molar-refractivity contribution in [1.29, 1.82) is 0 Å². The summed E-state index contributed by atoms with van der Waals surface area (Å²) in [6, 6.07) is 0. The summed E-state index contributed by atoms with van der Waals surface area (Å²) in [6.07, 6.45) is 2.45. The molecule has 1 aliphatic carbocycles. The van der Waals surface area contributed by atoms with Gasteiger partial charge in [0.15, 0.2) is 5.82 Å². The highest BCUT2D eigenvalue weighted by Crippen LogP contribution is 2.31. The number of aromatic carboxylic acids is 1. The molecular formula is C12H17N3O2. The lowest BCUT2D eigenvalue weighted by molar-refractivity contribution is 0.0696. The summed E-state index contributed by atoms with van der Waals surface area (Å²) >= 11 is 0. The highest BCUT2D eigenvalue weighted by Gasteiger charge is 2.26. The summed E-state index contributed by atoms with van der Waals surface area (Å²) in [5, 5.41) is 17.3. The third-order valence-electron chi connectivity index (χ3n) is 3.24. The maximum absolute atomic E-state index is 11.3. The molecule has 0 radical (unpaired) electrons. The van der Waals surface area contributed by atoms with Crippen molar-refractivity contribution in [2.75, 3.05) is 18.5 Å². The molecule has 92 valence electrons. The Hall–Kier alpha value is -1.65. The van der Waals surface area contributed by atoms with Gasteiger partial charge in [-0.05, 0) is 38.2 Å². The number of hydrogen-bond donors (Lipinski definition) is 1. The molecule has 1 heterocycles. The van der Waals surface area contributed by atoms with Gasteiger partial charge in [0.25, 0.3) is 0 Å². The van der Waals surface area contributed by atoms with Gasteiger partial charge in [0.2, 0.25) is 0 Å². The lowest BCUT2D eigenvalue weighted by Gasteiger charge is -2.20. The summed E-state index contributed by atoms with van der Waals surface area (Å²) in [4.78, 5) is 13.2. The van der Waals surface area contributed by atoms with Crippen LogP contribution in [0.15, 0.2) is 0 Å². The van der Waals surface area contributed by atoms with E-state index >= 15 is 0 Å². The maximum Gasteiger partial charge on any atom is 0.339 e. The van der Waals surface area contributed by atoms with Crippen LogP contribution in [0.5, 0.6) is 0 Å². The molecule has 0 amide bonds. The molecule has 1 N–H and O–H groups in total. The zero-order chi connectivity index (χ0) is 12.6. The number of anilines is 1. The largest absolute Gasteiger partial charge is 0.478 e. The molecule has 0 bridgehead atoms. The van der Waals surface area contributed by atoms with E-state index in [-0.39, 0.29) is 5.56 Å². The van der Waals surface area contributed by atoms with Crippen LogP contribution in [0.3, 0.4) is 0 Å². The first kappa shape index (κ1) is 11.8. The number of carboxylic acid groups (broad SMARTS) is 1. The van der Waals surface area contributed by atoms with Crippen molar-refractivity contribution in [2.45, 2.75) is 26.7 Å². The van der Waals surface area contributed by atoms with Gasteiger partial charge in [-0.2, -0.15) is 5.10 Å². The fraction of sp³-hybridized carbons (Fsp3) is 0.583. The number of nitrogens with zero attached hydrogens (tertiary/aromatic N) is 3. The number of hydrogen-bond acceptors (Lipinski definition) is 4. The van der Waals surface area contributed by atoms with Crippen molar-refractivity contribution in [3.8, 4) is 0 Å². The van der Waals surface area contributed by atoms with E-state index in [1.165, 1.54) is 12.8 Å². The summed E-state index contributed by atoms with van der Waals surface area (Å²) in [5.41, 5.74) is 1.65. The topological polar surface area (TPSA) is 66.3 Å². The number of carbonyl (C=O) groups is 1. The van der Waals surface area contributed by atoms with E-state index in [0.29, 0.717) is 23.0 Å². The average Bonchev–Trinajstić information content (AvgIpc) is 3.04. The second kappa shape index (κ2) is 4.31. The van der Waals surface area contributed by atoms with Crippen molar-refractivity contribution in [3.63, 3.8) is 0 Å². The van der Waals surface area contributed by atoms with Crippen LogP contribution in [0.2, 0.25) is 0 Å². The minimum Gasteiger partial charge on any atom is -0.478 e. The molecule has 0 spiro atoms. The Morgan fingerprint density at radius 2 is 2.06 bits per heavy atom. The van der Waals surface area contributed by atoms with Crippen LogP contribution in [0.1, 0.15) is 34.5 Å². The number of rotatable bonds is 4. The van der Waals surface area contributed by atoms with Crippen LogP contribution in [0.25, 0.3) is 0 Å². The van der Waals surface area contributed by atoms with Crippen molar-refractivity contribution in [2.24, 2.45) is 5.92 Å². The number of aryl methyl sites for hydroxylation is 1. The Morgan fingerprint density at radius 1 is 1.41 bits per heavy atom. The molecule has 1 saturated carbocycles. The highest BCUT2D eigenvalue weighted by atomic mass is 16.4. The Labute approximate surface area is 100 Å². The van der Waals surface area contributed by atoms with E-state index in [9.17, 15) is 9.90 Å². The quantitative estimate of drug-likeness (QED) is 0.859. The lowest BCUT2D eigenvalue weighted by atomic mass is 10.1. The molecule has 1 aromatic heterocycles. The van der Waals surface area contributed by atoms with E-state index in [0.717, 1.165) is 6.54 Å². The predicted octanol–water partition coefficient (Wildman–Crippen LogP) is 1.64. The first-order valence-corrected chi connectivity index (χ1v) is 5.79. The molecule has 0 aromatic carbocycles. The van der Waals surface area contributed by atoms with Gasteiger partial charge in [0.05, 0.1) is 5.69 Å². The smallest absolute Gasteiger partial charge is 0.339 e. The monoisotopic (exact) mass is 235 g/mol. The van der Waals surface area contributed by atoms with Crippen LogP contribution in [-0.2, 0) is 0 Å². The van der Waals surface area contributed by atoms with Crippen LogP contribution in [0, 0.1) is 19.8 Å². The molecule has 1 aliphatic rings. The second-order valence-electron chi connectivity index (χ2n) is 4.74. The van der Waals surface area contributed by atoms with E-state index < -0.39 is 5.97 Å². The zero-order valence-electron chi connectivity index (χ0n) is 10.4. The fourth-order valence-corrected chi connectivity index (χ4v) is 1.89. The minimum atomic E-state index is -0.932. The first-order valence-electron chi connectivity index (χ1n) is 5.79. The third-order valence-corrected chi connectivity index (χ3v) is 3.24. The molecule has 0 unspecified atom stereocenters. The molecule has 0 aliphatic heterocycles. The summed E-state index contributed by atoms with van der Waals surface area (Å²) in [6.45, 7) is 4.42. The fourth-order valence-electron chi connectivity index (χ4n) is 1.89. The Balaban J connectivity index is 2.37. The van der Waals surface area contributed by atoms with Crippen LogP contribution in [-0.4, -0.2) is 34.9 Å². The van der Waals surface area contributed by atoms with Crippen LogP contribution in [0.4, 0.5) is 5.82 Å². The molecule has 1 fully saturated rings. The van der Waals surface area contributed by atoms with Gasteiger partial charge >= 0.3 is 5.97 Å². The van der Waals surface area contributed by atoms with Gasteiger partial charge in [-0.1, -0.05) is 0 Å². The highest BCUT2D eigenvalue weighted by molar-refractivity contribution is 5.95. The van der Waals surface area contributed by atoms with Crippen molar-refractivity contribution in [1.82, 2.24) is 10.2 Å². The van der Waals surface area contributed by atoms with Gasteiger partial charge in [-0.15, -0.1) is 5.10 Å². The number of aromatic nitrogens is 2. The van der Waals surface area contributed by atoms with E-state index in [1.54, 1.807) is 13.8 Å². The Bertz CT molecular complexity index is 455. The predicted molar refractivity (Wildman–Crippen MR) is 64.5 cm³/mol. The molecule has 5 nitrogen and oxygen atoms in total. The molecule has 5 heteroatoms. The van der Waals surface area contributed by atoms with Crippen molar-refractivity contribution >= 4 is 11.8 Å². The van der Waals surface area contributed by atoms with Gasteiger partial charge < -0.3 is 10.0 Å². The van der Waals surface area contributed by atoms with E-state index in [4.69, 9.17) is 0 Å². The summed E-state index contributed by atoms with van der Waals surface area (Å²) in [5.74, 6) is 0.232. The number of carboxylic acids is 1. The van der Waals surface area contributed by atoms with Crippen molar-refractivity contribution < 1.29 is 9.90 Å².